The highest BCUT2D eigenvalue weighted by atomic mass is 35.5. The molecule has 0 bridgehead atoms. The number of alkyl halides is 3. The van der Waals surface area contributed by atoms with E-state index in [0.29, 0.717) is 42.1 Å². The van der Waals surface area contributed by atoms with Gasteiger partial charge >= 0.3 is 12.4 Å². The van der Waals surface area contributed by atoms with Gasteiger partial charge in [-0.05, 0) is 31.0 Å². The Morgan fingerprint density at radius 2 is 1.94 bits per heavy atom. The quantitative estimate of drug-likeness (QED) is 0.613. The van der Waals surface area contributed by atoms with E-state index in [2.05, 4.69) is 20.5 Å². The highest BCUT2D eigenvalue weighted by Gasteiger charge is 2.40. The molecule has 33 heavy (non-hydrogen) atoms. The molecule has 2 aromatic rings. The maximum atomic E-state index is 12.5. The van der Waals surface area contributed by atoms with Crippen molar-refractivity contribution in [3.63, 3.8) is 0 Å². The molecule has 2 aliphatic rings. The molecule has 2 heterocycles. The zero-order valence-corrected chi connectivity index (χ0v) is 18.1. The van der Waals surface area contributed by atoms with Gasteiger partial charge in [-0.1, -0.05) is 11.6 Å². The van der Waals surface area contributed by atoms with E-state index in [9.17, 15) is 22.8 Å². The smallest absolute Gasteiger partial charge is 0.423 e. The van der Waals surface area contributed by atoms with E-state index in [-0.39, 0.29) is 37.3 Å². The van der Waals surface area contributed by atoms with E-state index in [1.165, 1.54) is 0 Å². The van der Waals surface area contributed by atoms with E-state index in [1.807, 2.05) is 0 Å². The van der Waals surface area contributed by atoms with Crippen molar-refractivity contribution in [2.75, 3.05) is 25.0 Å². The van der Waals surface area contributed by atoms with Crippen molar-refractivity contribution in [1.29, 1.82) is 0 Å². The maximum Gasteiger partial charge on any atom is 0.522 e. The third-order valence-corrected chi connectivity index (χ3v) is 5.77. The van der Waals surface area contributed by atoms with Crippen molar-refractivity contribution >= 4 is 40.5 Å². The minimum absolute atomic E-state index is 0.0976. The van der Waals surface area contributed by atoms with Crippen molar-refractivity contribution in [1.82, 2.24) is 15.4 Å². The summed E-state index contributed by atoms with van der Waals surface area (Å²) in [7, 11) is 0. The largest absolute Gasteiger partial charge is 0.522 e. The van der Waals surface area contributed by atoms with Gasteiger partial charge in [0.15, 0.2) is 5.58 Å². The molecule has 1 saturated carbocycles. The molecule has 13 heteroatoms. The lowest BCUT2D eigenvalue weighted by Gasteiger charge is -2.35. The van der Waals surface area contributed by atoms with Crippen molar-refractivity contribution in [3.8, 4) is 0 Å². The lowest BCUT2D eigenvalue weighted by Crippen LogP contribution is -2.50. The van der Waals surface area contributed by atoms with Gasteiger partial charge in [0, 0.05) is 36.9 Å². The first-order chi connectivity index (χ1) is 15.6. The fourth-order valence-corrected chi connectivity index (χ4v) is 3.92. The van der Waals surface area contributed by atoms with Gasteiger partial charge in [0.1, 0.15) is 12.1 Å². The number of ether oxygens (including phenoxy) is 2. The van der Waals surface area contributed by atoms with Gasteiger partial charge in [-0.15, -0.1) is 13.2 Å². The molecule has 180 valence electrons. The van der Waals surface area contributed by atoms with Crippen LogP contribution in [0, 0.1) is 5.92 Å². The van der Waals surface area contributed by atoms with Gasteiger partial charge in [-0.25, -0.2) is 5.01 Å². The molecule has 0 atom stereocenters. The number of nitrogens with one attached hydrogen (secondary N) is 2. The normalized spacial score (nSPS) is 22.2. The Hall–Kier alpha value is -2.41. The summed E-state index contributed by atoms with van der Waals surface area (Å²) in [5.74, 6) is -0.889. The molecule has 0 radical (unpaired) electrons. The molecule has 0 spiro atoms. The number of amides is 2. The van der Waals surface area contributed by atoms with Crippen molar-refractivity contribution in [2.24, 2.45) is 5.92 Å². The van der Waals surface area contributed by atoms with Gasteiger partial charge < -0.3 is 9.15 Å². The summed E-state index contributed by atoms with van der Waals surface area (Å²) in [6.07, 6.45) is -4.79. The third kappa shape index (κ3) is 6.56. The van der Waals surface area contributed by atoms with Crippen LogP contribution in [0.2, 0.25) is 5.02 Å². The predicted octanol–water partition coefficient (Wildman–Crippen LogP) is 3.25. The van der Waals surface area contributed by atoms with Crippen LogP contribution in [-0.2, 0) is 19.1 Å². The van der Waals surface area contributed by atoms with Crippen LogP contribution in [0.5, 0.6) is 0 Å². The summed E-state index contributed by atoms with van der Waals surface area (Å²) in [5, 5.41) is 4.88. The second kappa shape index (κ2) is 9.84. The number of aromatic nitrogens is 1. The van der Waals surface area contributed by atoms with E-state index >= 15 is 0 Å². The summed E-state index contributed by atoms with van der Waals surface area (Å²) in [5.41, 5.74) is 3.75. The van der Waals surface area contributed by atoms with Gasteiger partial charge in [0.05, 0.1) is 12.2 Å². The molecule has 1 aliphatic carbocycles. The molecular formula is C20H22ClF3N4O5. The number of hydrogen-bond acceptors (Lipinski definition) is 7. The Kier molecular flexibility index (Phi) is 7.07. The van der Waals surface area contributed by atoms with Gasteiger partial charge in [-0.2, -0.15) is 4.98 Å². The maximum absolute atomic E-state index is 12.5. The van der Waals surface area contributed by atoms with Crippen LogP contribution in [0.3, 0.4) is 0 Å². The fraction of sp³-hybridized carbons (Fsp3) is 0.550. The number of oxazole rings is 1. The molecule has 2 amide bonds. The van der Waals surface area contributed by atoms with Crippen LogP contribution in [0.1, 0.15) is 25.7 Å². The summed E-state index contributed by atoms with van der Waals surface area (Å²) in [6.45, 7) is 0.654. The van der Waals surface area contributed by atoms with Gasteiger partial charge in [-0.3, -0.25) is 25.1 Å². The van der Waals surface area contributed by atoms with Crippen LogP contribution >= 0.6 is 11.6 Å². The number of hydrogen-bond donors (Lipinski definition) is 2. The second-order valence-electron chi connectivity index (χ2n) is 8.01. The van der Waals surface area contributed by atoms with E-state index in [0.717, 1.165) is 0 Å². The Bertz CT molecular complexity index is 1000. The fourth-order valence-electron chi connectivity index (χ4n) is 3.76. The van der Waals surface area contributed by atoms with E-state index in [1.54, 1.807) is 23.2 Å². The van der Waals surface area contributed by atoms with Gasteiger partial charge in [0.25, 0.3) is 5.91 Å². The first-order valence-corrected chi connectivity index (χ1v) is 10.8. The van der Waals surface area contributed by atoms with Crippen molar-refractivity contribution in [3.05, 3.63) is 23.2 Å². The molecule has 2 N–H and O–H groups in total. The molecule has 9 nitrogen and oxygen atoms in total. The summed E-state index contributed by atoms with van der Waals surface area (Å²) < 4.78 is 51.0. The second-order valence-corrected chi connectivity index (χ2v) is 8.44. The molecule has 1 saturated heterocycles. The van der Waals surface area contributed by atoms with Crippen LogP contribution in [0.15, 0.2) is 22.6 Å². The molecular weight excluding hydrogens is 469 g/mol. The number of benzene rings is 1. The lowest BCUT2D eigenvalue weighted by molar-refractivity contribution is -0.357. The molecule has 1 aliphatic heterocycles. The first-order valence-electron chi connectivity index (χ1n) is 10.4. The Balaban J connectivity index is 1.14. The van der Waals surface area contributed by atoms with Crippen molar-refractivity contribution in [2.45, 2.75) is 44.3 Å². The minimum atomic E-state index is -4.66. The number of anilines is 1. The Morgan fingerprint density at radius 1 is 1.21 bits per heavy atom. The molecule has 1 aromatic carbocycles. The standard InChI is InChI=1S/C20H22ClF3N4O5/c21-12-1-2-16-15(7-12)25-19(32-16)26-18(30)11-3-5-28(6-4-11)27-17(29)10-31-13-8-14(9-13)33-20(22,23)24/h1-2,7,11,13-14H,3-6,8-10H2,(H,27,29)(H,25,26,30). The summed E-state index contributed by atoms with van der Waals surface area (Å²) >= 11 is 5.92. The molecule has 2 fully saturated rings. The minimum Gasteiger partial charge on any atom is -0.423 e. The lowest BCUT2D eigenvalue weighted by atomic mass is 9.92. The average molecular weight is 491 g/mol. The van der Waals surface area contributed by atoms with Crippen molar-refractivity contribution < 1.29 is 36.7 Å². The monoisotopic (exact) mass is 490 g/mol. The van der Waals surface area contributed by atoms with E-state index < -0.39 is 24.5 Å². The SMILES string of the molecule is O=C(COC1CC(OC(F)(F)F)C1)NN1CCC(C(=O)Nc2nc3cc(Cl)ccc3o2)CC1. The number of fused-ring (bicyclic) bond motifs is 1. The van der Waals surface area contributed by atoms with Crippen LogP contribution in [0.25, 0.3) is 11.1 Å². The number of nitrogens with zero attached hydrogens (tertiary/aromatic N) is 2. The molecule has 4 rings (SSSR count). The average Bonchev–Trinajstić information content (AvgIpc) is 3.10. The van der Waals surface area contributed by atoms with Crippen LogP contribution < -0.4 is 10.7 Å². The highest BCUT2D eigenvalue weighted by molar-refractivity contribution is 6.31. The Morgan fingerprint density at radius 3 is 2.64 bits per heavy atom. The summed E-state index contributed by atoms with van der Waals surface area (Å²) in [6, 6.07) is 5.08. The molecule has 1 aromatic heterocycles. The number of carbonyl (C=O) groups is 2. The molecule has 0 unspecified atom stereocenters. The number of rotatable bonds is 7. The number of carbonyl (C=O) groups excluding carboxylic acids is 2. The highest BCUT2D eigenvalue weighted by Crippen LogP contribution is 2.32. The predicted molar refractivity (Wildman–Crippen MR) is 110 cm³/mol. The number of piperidine rings is 1. The first kappa shape index (κ1) is 23.7. The zero-order valence-electron chi connectivity index (χ0n) is 17.4. The summed E-state index contributed by atoms with van der Waals surface area (Å²) in [4.78, 5) is 28.8. The van der Waals surface area contributed by atoms with Crippen LogP contribution in [-0.4, -0.2) is 60.1 Å². The number of hydrazine groups is 1. The number of halogens is 4. The third-order valence-electron chi connectivity index (χ3n) is 5.53. The zero-order chi connectivity index (χ0) is 23.6. The topological polar surface area (TPSA) is 106 Å². The Labute approximate surface area is 191 Å². The van der Waals surface area contributed by atoms with Gasteiger partial charge in [0.2, 0.25) is 5.91 Å². The van der Waals surface area contributed by atoms with Crippen LogP contribution in [0.4, 0.5) is 19.2 Å². The van der Waals surface area contributed by atoms with E-state index in [4.69, 9.17) is 20.8 Å².